The fourth-order valence-electron chi connectivity index (χ4n) is 3.37. The lowest BCUT2D eigenvalue weighted by molar-refractivity contribution is -0.133. The number of hydrogen-bond acceptors (Lipinski definition) is 1. The van der Waals surface area contributed by atoms with Crippen LogP contribution in [0, 0.1) is 17.8 Å². The summed E-state index contributed by atoms with van der Waals surface area (Å²) in [4.78, 5) is 11.3. The van der Waals surface area contributed by atoms with E-state index >= 15 is 0 Å². The normalized spacial score (nSPS) is 29.1. The van der Waals surface area contributed by atoms with E-state index in [0.29, 0.717) is 23.3 Å². The topological polar surface area (TPSA) is 37.3 Å². The lowest BCUT2D eigenvalue weighted by Crippen LogP contribution is -2.29. The van der Waals surface area contributed by atoms with Crippen molar-refractivity contribution in [2.75, 3.05) is 0 Å². The minimum atomic E-state index is -0.694. The van der Waals surface area contributed by atoms with Gasteiger partial charge < -0.3 is 5.11 Å². The summed E-state index contributed by atoms with van der Waals surface area (Å²) in [5.74, 6) is 0.958. The molecule has 2 aliphatic carbocycles. The molecular weight excluding hydrogens is 212 g/mol. The molecule has 0 amide bonds. The van der Waals surface area contributed by atoms with Gasteiger partial charge in [-0.3, -0.25) is 0 Å². The van der Waals surface area contributed by atoms with Crippen LogP contribution in [-0.2, 0) is 4.79 Å². The fraction of sp³-hybridized carbons (Fsp3) is 0.667. The van der Waals surface area contributed by atoms with Crippen molar-refractivity contribution in [3.63, 3.8) is 0 Å². The Hall–Kier alpha value is -1.05. The molecule has 2 atom stereocenters. The van der Waals surface area contributed by atoms with E-state index < -0.39 is 5.97 Å². The zero-order valence-corrected chi connectivity index (χ0v) is 11.0. The van der Waals surface area contributed by atoms with Crippen LogP contribution in [0.3, 0.4) is 0 Å². The van der Waals surface area contributed by atoms with Gasteiger partial charge in [0.2, 0.25) is 0 Å². The van der Waals surface area contributed by atoms with Crippen molar-refractivity contribution in [3.8, 4) is 0 Å². The summed E-state index contributed by atoms with van der Waals surface area (Å²) in [6.07, 6.45) is 6.10. The number of fused-ring (bicyclic) bond motifs is 1. The van der Waals surface area contributed by atoms with Gasteiger partial charge in [0.25, 0.3) is 0 Å². The molecule has 2 unspecified atom stereocenters. The van der Waals surface area contributed by atoms with E-state index in [1.807, 2.05) is 0 Å². The van der Waals surface area contributed by atoms with Crippen LogP contribution in [0.25, 0.3) is 0 Å². The molecule has 1 N–H and O–H groups in total. The largest absolute Gasteiger partial charge is 0.478 e. The minimum absolute atomic E-state index is 0.392. The second kappa shape index (κ2) is 4.67. The Morgan fingerprint density at radius 2 is 2.06 bits per heavy atom. The van der Waals surface area contributed by atoms with Gasteiger partial charge in [-0.05, 0) is 44.4 Å². The Balaban J connectivity index is 2.41. The second-order valence-electron chi connectivity index (χ2n) is 5.79. The smallest absolute Gasteiger partial charge is 0.331 e. The fourth-order valence-corrected chi connectivity index (χ4v) is 3.37. The molecule has 2 aliphatic rings. The summed E-state index contributed by atoms with van der Waals surface area (Å²) in [6.45, 7) is 6.68. The third-order valence-electron chi connectivity index (χ3n) is 4.35. The van der Waals surface area contributed by atoms with Crippen LogP contribution < -0.4 is 0 Å². The molecule has 0 aliphatic heterocycles. The van der Waals surface area contributed by atoms with Gasteiger partial charge in [-0.15, -0.1) is 0 Å². The molecule has 0 aromatic heterocycles. The molecule has 0 spiro atoms. The summed E-state index contributed by atoms with van der Waals surface area (Å²) in [5.41, 5.74) is 3.35. The highest BCUT2D eigenvalue weighted by Gasteiger charge is 2.35. The van der Waals surface area contributed by atoms with Crippen molar-refractivity contribution in [3.05, 3.63) is 22.8 Å². The van der Waals surface area contributed by atoms with Crippen molar-refractivity contribution < 1.29 is 9.90 Å². The molecule has 0 saturated heterocycles. The van der Waals surface area contributed by atoms with Crippen molar-refractivity contribution in [2.45, 2.75) is 46.5 Å². The molecule has 0 fully saturated rings. The van der Waals surface area contributed by atoms with Crippen LogP contribution in [0.1, 0.15) is 46.5 Å². The predicted molar refractivity (Wildman–Crippen MR) is 68.7 cm³/mol. The van der Waals surface area contributed by atoms with Crippen LogP contribution in [0.4, 0.5) is 0 Å². The van der Waals surface area contributed by atoms with Gasteiger partial charge in [-0.25, -0.2) is 4.79 Å². The van der Waals surface area contributed by atoms with E-state index in [2.05, 4.69) is 26.8 Å². The number of aliphatic carboxylic acids is 1. The lowest BCUT2D eigenvalue weighted by Gasteiger charge is -2.38. The number of carboxylic acid groups (broad SMARTS) is 1. The third kappa shape index (κ3) is 2.31. The quantitative estimate of drug-likeness (QED) is 0.738. The van der Waals surface area contributed by atoms with Gasteiger partial charge in [0.15, 0.2) is 0 Å². The van der Waals surface area contributed by atoms with Crippen molar-refractivity contribution in [2.24, 2.45) is 17.8 Å². The number of allylic oxidation sites excluding steroid dienone is 3. The molecule has 94 valence electrons. The number of carbonyl (C=O) groups is 1. The van der Waals surface area contributed by atoms with Crippen LogP contribution in [0.5, 0.6) is 0 Å². The molecule has 0 aromatic rings. The van der Waals surface area contributed by atoms with Crippen LogP contribution in [0.15, 0.2) is 22.8 Å². The molecule has 17 heavy (non-hydrogen) atoms. The monoisotopic (exact) mass is 234 g/mol. The summed E-state index contributed by atoms with van der Waals surface area (Å²) in [7, 11) is 0. The predicted octanol–water partition coefficient (Wildman–Crippen LogP) is 3.79. The molecule has 0 radical (unpaired) electrons. The van der Waals surface area contributed by atoms with Gasteiger partial charge in [0.1, 0.15) is 0 Å². The van der Waals surface area contributed by atoms with Crippen LogP contribution in [0.2, 0.25) is 0 Å². The second-order valence-corrected chi connectivity index (χ2v) is 5.79. The first-order valence-electron chi connectivity index (χ1n) is 6.63. The van der Waals surface area contributed by atoms with Gasteiger partial charge in [0.05, 0.1) is 0 Å². The summed E-state index contributed by atoms with van der Waals surface area (Å²) in [5, 5.41) is 9.29. The SMILES string of the molecule is CC1=CC2C(=C(C(=O)O)CCC2C(C)C)CC1. The number of hydrogen-bond donors (Lipinski definition) is 1. The van der Waals surface area contributed by atoms with E-state index in [-0.39, 0.29) is 0 Å². The maximum Gasteiger partial charge on any atom is 0.331 e. The van der Waals surface area contributed by atoms with E-state index in [9.17, 15) is 9.90 Å². The third-order valence-corrected chi connectivity index (χ3v) is 4.35. The average Bonchev–Trinajstić information content (AvgIpc) is 2.26. The van der Waals surface area contributed by atoms with Crippen molar-refractivity contribution in [1.82, 2.24) is 0 Å². The van der Waals surface area contributed by atoms with Gasteiger partial charge in [0, 0.05) is 11.5 Å². The number of rotatable bonds is 2. The Bertz CT molecular complexity index is 388. The number of carboxylic acids is 1. The lowest BCUT2D eigenvalue weighted by atomic mass is 9.66. The minimum Gasteiger partial charge on any atom is -0.478 e. The first kappa shape index (κ1) is 12.4. The molecule has 0 heterocycles. The summed E-state index contributed by atoms with van der Waals surface area (Å²) >= 11 is 0. The Labute approximate surface area is 103 Å². The Morgan fingerprint density at radius 3 is 2.65 bits per heavy atom. The summed E-state index contributed by atoms with van der Waals surface area (Å²) < 4.78 is 0. The van der Waals surface area contributed by atoms with Crippen LogP contribution in [-0.4, -0.2) is 11.1 Å². The molecular formula is C15H22O2. The maximum atomic E-state index is 11.3. The summed E-state index contributed by atoms with van der Waals surface area (Å²) in [6, 6.07) is 0. The standard InChI is InChI=1S/C15H22O2/c1-9(2)11-6-7-13(15(16)17)12-5-4-10(3)8-14(11)12/h8-9,11,14H,4-7H2,1-3H3,(H,16,17). The average molecular weight is 234 g/mol. The van der Waals surface area contributed by atoms with Gasteiger partial charge in [-0.1, -0.05) is 31.1 Å². The van der Waals surface area contributed by atoms with Gasteiger partial charge >= 0.3 is 5.97 Å². The van der Waals surface area contributed by atoms with Crippen molar-refractivity contribution >= 4 is 5.97 Å². The first-order valence-corrected chi connectivity index (χ1v) is 6.63. The molecule has 0 aromatic carbocycles. The van der Waals surface area contributed by atoms with E-state index in [1.54, 1.807) is 0 Å². The molecule has 2 heteroatoms. The molecule has 0 bridgehead atoms. The van der Waals surface area contributed by atoms with E-state index in [4.69, 9.17) is 0 Å². The highest BCUT2D eigenvalue weighted by atomic mass is 16.4. The molecule has 2 rings (SSSR count). The molecule has 0 saturated carbocycles. The van der Waals surface area contributed by atoms with Crippen LogP contribution >= 0.6 is 0 Å². The van der Waals surface area contributed by atoms with E-state index in [1.165, 1.54) is 11.1 Å². The zero-order chi connectivity index (χ0) is 12.6. The molecule has 2 nitrogen and oxygen atoms in total. The van der Waals surface area contributed by atoms with Gasteiger partial charge in [-0.2, -0.15) is 0 Å². The first-order chi connectivity index (χ1) is 8.00. The Morgan fingerprint density at radius 1 is 1.35 bits per heavy atom. The van der Waals surface area contributed by atoms with Crippen molar-refractivity contribution in [1.29, 1.82) is 0 Å². The maximum absolute atomic E-state index is 11.3. The Kier molecular flexibility index (Phi) is 3.41. The zero-order valence-electron chi connectivity index (χ0n) is 11.0. The highest BCUT2D eigenvalue weighted by Crippen LogP contribution is 2.44. The van der Waals surface area contributed by atoms with E-state index in [0.717, 1.165) is 25.7 Å². The highest BCUT2D eigenvalue weighted by molar-refractivity contribution is 5.88.